The summed E-state index contributed by atoms with van der Waals surface area (Å²) >= 11 is 0. The number of nitrogens with zero attached hydrogens (tertiary/aromatic N) is 5. The van der Waals surface area contributed by atoms with E-state index in [4.69, 9.17) is 0 Å². The Morgan fingerprint density at radius 3 is 1.86 bits per heavy atom. The average Bonchev–Trinajstić information content (AvgIpc) is 3.14. The molecule has 2 aromatic carbocycles. The Kier molecular flexibility index (Phi) is 6.92. The molecule has 2 aromatic rings. The molecule has 0 aromatic heterocycles. The first-order chi connectivity index (χ1) is 16.7. The van der Waals surface area contributed by atoms with Crippen LogP contribution in [0.5, 0.6) is 0 Å². The molecule has 0 aliphatic heterocycles. The van der Waals surface area contributed by atoms with Crippen molar-refractivity contribution in [3.63, 3.8) is 0 Å². The molecule has 0 spiro atoms. The van der Waals surface area contributed by atoms with E-state index in [1.54, 1.807) is 6.08 Å². The number of allylic oxidation sites excluding steroid dienone is 5. The molecule has 0 unspecified atom stereocenters. The monoisotopic (exact) mass is 459 g/mol. The Hall–Kier alpha value is -5.44. The molecule has 8 nitrogen and oxygen atoms in total. The minimum atomic E-state index is -0.905. The van der Waals surface area contributed by atoms with Crippen molar-refractivity contribution in [2.24, 2.45) is 0 Å². The largest absolute Gasteiger partial charge is 0.390 e. The number of carbonyl (C=O) groups excluding carboxylic acids is 2. The molecule has 1 aliphatic carbocycles. The number of rotatable bonds is 3. The van der Waals surface area contributed by atoms with Crippen LogP contribution in [0.2, 0.25) is 0 Å². The molecule has 168 valence electrons. The summed E-state index contributed by atoms with van der Waals surface area (Å²) in [6.45, 7) is 1.09. The maximum atomic E-state index is 12.3. The molecule has 0 amide bonds. The van der Waals surface area contributed by atoms with Crippen molar-refractivity contribution in [3.05, 3.63) is 81.4 Å². The van der Waals surface area contributed by atoms with Crippen LogP contribution in [0.4, 0.5) is 5.69 Å². The summed E-state index contributed by atoms with van der Waals surface area (Å²) in [6, 6.07) is 19.2. The van der Waals surface area contributed by atoms with Crippen molar-refractivity contribution in [2.45, 2.75) is 6.92 Å². The molecule has 0 heterocycles. The Bertz CT molecular complexity index is 1480. The van der Waals surface area contributed by atoms with Crippen molar-refractivity contribution in [2.75, 3.05) is 19.0 Å². The second kappa shape index (κ2) is 10.0. The fraction of sp³-hybridized carbons (Fsp3) is 0.111. The first-order valence-electron chi connectivity index (χ1n) is 10.2. The van der Waals surface area contributed by atoms with Gasteiger partial charge in [-0.2, -0.15) is 21.0 Å². The predicted molar refractivity (Wildman–Crippen MR) is 128 cm³/mol. The molecule has 8 heteroatoms. The Morgan fingerprint density at radius 1 is 0.829 bits per heavy atom. The van der Waals surface area contributed by atoms with Crippen LogP contribution in [-0.2, 0) is 9.53 Å². The smallest absolute Gasteiger partial charge is 0.345 e. The van der Waals surface area contributed by atoms with E-state index in [1.807, 2.05) is 67.5 Å². The topological polar surface area (TPSA) is 142 Å². The van der Waals surface area contributed by atoms with Gasteiger partial charge in [0, 0.05) is 37.9 Å². The Balaban J connectivity index is 2.38. The number of ether oxygens (including phenoxy) is 1. The van der Waals surface area contributed by atoms with Gasteiger partial charge in [-0.25, -0.2) is 4.79 Å². The van der Waals surface area contributed by atoms with E-state index >= 15 is 0 Å². The van der Waals surface area contributed by atoms with Gasteiger partial charge >= 0.3 is 11.9 Å². The summed E-state index contributed by atoms with van der Waals surface area (Å²) < 4.78 is 4.65. The van der Waals surface area contributed by atoms with Gasteiger partial charge in [-0.3, -0.25) is 4.79 Å². The summed E-state index contributed by atoms with van der Waals surface area (Å²) in [5.74, 6) is -1.70. The second-order valence-corrected chi connectivity index (χ2v) is 7.63. The van der Waals surface area contributed by atoms with Crippen LogP contribution in [0.3, 0.4) is 0 Å². The van der Waals surface area contributed by atoms with Crippen molar-refractivity contribution in [1.29, 1.82) is 21.0 Å². The van der Waals surface area contributed by atoms with Crippen LogP contribution in [0.1, 0.15) is 34.0 Å². The highest BCUT2D eigenvalue weighted by Crippen LogP contribution is 2.49. The van der Waals surface area contributed by atoms with E-state index in [2.05, 4.69) is 4.74 Å². The highest BCUT2D eigenvalue weighted by molar-refractivity contribution is 6.15. The minimum absolute atomic E-state index is 0.0121. The molecule has 0 atom stereocenters. The molecule has 1 aliphatic rings. The third-order valence-corrected chi connectivity index (χ3v) is 5.24. The van der Waals surface area contributed by atoms with Gasteiger partial charge in [0.15, 0.2) is 0 Å². The standard InChI is InChI=1S/C27H17N5O3/c1-16(33)35-27(34)18-6-9-22-23(11-18)26(20(14-30)15-31)24(25(22)19(12-28)13-29)10-17-4-7-21(8-5-17)32(2)3/h4-11H,1-3H3/b24-10+. The van der Waals surface area contributed by atoms with Gasteiger partial charge in [-0.1, -0.05) is 18.2 Å². The highest BCUT2D eigenvalue weighted by atomic mass is 16.6. The van der Waals surface area contributed by atoms with Crippen LogP contribution < -0.4 is 4.90 Å². The summed E-state index contributed by atoms with van der Waals surface area (Å²) in [7, 11) is 3.80. The lowest BCUT2D eigenvalue weighted by molar-refractivity contribution is -0.135. The predicted octanol–water partition coefficient (Wildman–Crippen LogP) is 4.15. The molecular formula is C27H17N5O3. The van der Waals surface area contributed by atoms with E-state index < -0.39 is 11.9 Å². The zero-order valence-corrected chi connectivity index (χ0v) is 19.1. The fourth-order valence-corrected chi connectivity index (χ4v) is 3.69. The molecule has 0 fully saturated rings. The second-order valence-electron chi connectivity index (χ2n) is 7.63. The summed E-state index contributed by atoms with van der Waals surface area (Å²) in [5, 5.41) is 38.7. The number of nitriles is 4. The zero-order valence-electron chi connectivity index (χ0n) is 19.1. The number of anilines is 1. The molecule has 0 bridgehead atoms. The van der Waals surface area contributed by atoms with Crippen LogP contribution >= 0.6 is 0 Å². The van der Waals surface area contributed by atoms with E-state index in [-0.39, 0.29) is 27.9 Å². The summed E-state index contributed by atoms with van der Waals surface area (Å²) in [5.41, 5.74) is 2.64. The number of esters is 2. The lowest BCUT2D eigenvalue weighted by Gasteiger charge is -2.12. The number of hydrogen-bond donors (Lipinski definition) is 0. The van der Waals surface area contributed by atoms with Gasteiger partial charge in [-0.05, 0) is 52.6 Å². The minimum Gasteiger partial charge on any atom is -0.390 e. The Labute approximate surface area is 202 Å². The van der Waals surface area contributed by atoms with Crippen LogP contribution in [-0.4, -0.2) is 26.0 Å². The summed E-state index contributed by atoms with van der Waals surface area (Å²) in [4.78, 5) is 25.5. The number of hydrogen-bond acceptors (Lipinski definition) is 8. The maximum Gasteiger partial charge on any atom is 0.345 e. The average molecular weight is 459 g/mol. The van der Waals surface area contributed by atoms with Gasteiger partial charge in [0.25, 0.3) is 0 Å². The fourth-order valence-electron chi connectivity index (χ4n) is 3.69. The van der Waals surface area contributed by atoms with Crippen molar-refractivity contribution in [3.8, 4) is 24.3 Å². The van der Waals surface area contributed by atoms with E-state index in [9.17, 15) is 30.6 Å². The first-order valence-corrected chi connectivity index (χ1v) is 10.2. The van der Waals surface area contributed by atoms with Gasteiger partial charge in [0.05, 0.1) is 5.56 Å². The van der Waals surface area contributed by atoms with E-state index in [0.29, 0.717) is 22.3 Å². The summed E-state index contributed by atoms with van der Waals surface area (Å²) in [6.07, 6.45) is 1.68. The lowest BCUT2D eigenvalue weighted by Crippen LogP contribution is -2.09. The molecule has 0 saturated carbocycles. The number of benzene rings is 2. The number of carbonyl (C=O) groups is 2. The van der Waals surface area contributed by atoms with Crippen molar-refractivity contribution < 1.29 is 14.3 Å². The lowest BCUT2D eigenvalue weighted by atomic mass is 9.94. The van der Waals surface area contributed by atoms with E-state index in [0.717, 1.165) is 12.6 Å². The van der Waals surface area contributed by atoms with Gasteiger partial charge in [0.2, 0.25) is 0 Å². The van der Waals surface area contributed by atoms with Crippen LogP contribution in [0.25, 0.3) is 17.2 Å². The van der Waals surface area contributed by atoms with Gasteiger partial charge in [0.1, 0.15) is 35.4 Å². The van der Waals surface area contributed by atoms with Crippen LogP contribution in [0.15, 0.2) is 59.2 Å². The third-order valence-electron chi connectivity index (χ3n) is 5.24. The highest BCUT2D eigenvalue weighted by Gasteiger charge is 2.33. The van der Waals surface area contributed by atoms with Gasteiger partial charge in [-0.15, -0.1) is 0 Å². The van der Waals surface area contributed by atoms with Crippen molar-refractivity contribution in [1.82, 2.24) is 0 Å². The molecular weight excluding hydrogens is 442 g/mol. The van der Waals surface area contributed by atoms with Gasteiger partial charge < -0.3 is 9.64 Å². The molecule has 0 N–H and O–H groups in total. The molecule has 0 saturated heterocycles. The normalized spacial score (nSPS) is 12.5. The maximum absolute atomic E-state index is 12.3. The third kappa shape index (κ3) is 4.69. The van der Waals surface area contributed by atoms with E-state index in [1.165, 1.54) is 18.2 Å². The molecule has 3 rings (SSSR count). The number of fused-ring (bicyclic) bond motifs is 1. The quantitative estimate of drug-likeness (QED) is 0.378. The molecule has 35 heavy (non-hydrogen) atoms. The van der Waals surface area contributed by atoms with Crippen LogP contribution in [0, 0.1) is 45.3 Å². The zero-order chi connectivity index (χ0) is 25.7. The Morgan fingerprint density at radius 2 is 1.37 bits per heavy atom. The molecule has 0 radical (unpaired) electrons. The first kappa shape index (κ1) is 24.2. The van der Waals surface area contributed by atoms with Crippen molar-refractivity contribution >= 4 is 34.8 Å². The SMILES string of the molecule is CC(=O)OC(=O)c1ccc2c(c1)C(=C(C#N)C#N)/C(=C/c1ccc(N(C)C)cc1)C2=C(C#N)C#N.